The Morgan fingerprint density at radius 2 is 2.19 bits per heavy atom. The molecule has 1 aliphatic heterocycles. The maximum Gasteiger partial charge on any atom is 0.191 e. The summed E-state index contributed by atoms with van der Waals surface area (Å²) in [6.07, 6.45) is 7.96. The van der Waals surface area contributed by atoms with Crippen molar-refractivity contribution in [3.8, 4) is 0 Å². The van der Waals surface area contributed by atoms with Crippen molar-refractivity contribution in [2.75, 3.05) is 33.7 Å². The molecule has 2 N–H and O–H groups in total. The number of aryl methyl sites for hydroxylation is 1. The van der Waals surface area contributed by atoms with Crippen LogP contribution in [-0.4, -0.2) is 77.4 Å². The van der Waals surface area contributed by atoms with E-state index >= 15 is 0 Å². The Kier molecular flexibility index (Phi) is 6.19. The summed E-state index contributed by atoms with van der Waals surface area (Å²) < 4.78 is 1.85. The maximum atomic E-state index is 4.89. The molecule has 2 aliphatic rings. The summed E-state index contributed by atoms with van der Waals surface area (Å²) in [5, 5.41) is 11.4. The fraction of sp³-hybridized carbons (Fsp3) is 0.789. The number of hydrogen-bond acceptors (Lipinski definition) is 4. The van der Waals surface area contributed by atoms with Crippen molar-refractivity contribution in [1.29, 1.82) is 0 Å². The first-order valence-corrected chi connectivity index (χ1v) is 9.93. The minimum absolute atomic E-state index is 0.227. The van der Waals surface area contributed by atoms with Gasteiger partial charge in [0.2, 0.25) is 0 Å². The van der Waals surface area contributed by atoms with Gasteiger partial charge in [-0.05, 0) is 47.2 Å². The van der Waals surface area contributed by atoms with E-state index in [1.165, 1.54) is 24.8 Å². The molecule has 1 saturated carbocycles. The Bertz CT molecular complexity index is 605. The van der Waals surface area contributed by atoms with E-state index in [1.54, 1.807) is 0 Å². The van der Waals surface area contributed by atoms with Crippen LogP contribution in [0.15, 0.2) is 17.4 Å². The van der Waals surface area contributed by atoms with E-state index in [1.807, 2.05) is 17.9 Å². The van der Waals surface area contributed by atoms with Gasteiger partial charge in [-0.15, -0.1) is 0 Å². The summed E-state index contributed by atoms with van der Waals surface area (Å²) in [5.74, 6) is 0.929. The standard InChI is InChI=1S/C19H35N7/c1-6-20-19(23-16-9-14(2)26(13-16)17-7-8-17)21-11-18(24(3)4)15-10-22-25(5)12-15/h10,12,14,16-18H,6-9,11,13H2,1-5H3,(H2,20,21,23). The van der Waals surface area contributed by atoms with Crippen LogP contribution in [0.1, 0.15) is 44.7 Å². The molecule has 2 fully saturated rings. The van der Waals surface area contributed by atoms with E-state index < -0.39 is 0 Å². The molecular weight excluding hydrogens is 326 g/mol. The lowest BCUT2D eigenvalue weighted by atomic mass is 10.1. The molecule has 3 rings (SSSR count). The van der Waals surface area contributed by atoms with Crippen molar-refractivity contribution in [2.45, 2.75) is 57.3 Å². The van der Waals surface area contributed by atoms with E-state index in [2.05, 4.69) is 59.7 Å². The van der Waals surface area contributed by atoms with Crippen LogP contribution in [0.5, 0.6) is 0 Å². The highest BCUT2D eigenvalue weighted by Crippen LogP contribution is 2.33. The number of rotatable bonds is 7. The molecule has 146 valence electrons. The van der Waals surface area contributed by atoms with Gasteiger partial charge in [0, 0.05) is 50.0 Å². The Morgan fingerprint density at radius 3 is 2.77 bits per heavy atom. The van der Waals surface area contributed by atoms with Crippen LogP contribution in [-0.2, 0) is 7.05 Å². The molecule has 0 spiro atoms. The summed E-state index contributed by atoms with van der Waals surface area (Å²) in [6.45, 7) is 7.20. The predicted molar refractivity (Wildman–Crippen MR) is 106 cm³/mol. The normalized spacial score (nSPS) is 25.7. The molecule has 0 bridgehead atoms. The van der Waals surface area contributed by atoms with E-state index in [9.17, 15) is 0 Å². The molecule has 2 heterocycles. The van der Waals surface area contributed by atoms with Gasteiger partial charge in [0.25, 0.3) is 0 Å². The third kappa shape index (κ3) is 4.76. The van der Waals surface area contributed by atoms with Gasteiger partial charge >= 0.3 is 0 Å². The minimum Gasteiger partial charge on any atom is -0.357 e. The van der Waals surface area contributed by atoms with Gasteiger partial charge in [0.15, 0.2) is 5.96 Å². The predicted octanol–water partition coefficient (Wildman–Crippen LogP) is 1.20. The number of likely N-dealkylation sites (N-methyl/N-ethyl adjacent to an activating group) is 1. The summed E-state index contributed by atoms with van der Waals surface area (Å²) in [7, 11) is 6.15. The molecule has 26 heavy (non-hydrogen) atoms. The van der Waals surface area contributed by atoms with Crippen molar-refractivity contribution >= 4 is 5.96 Å². The molecular formula is C19H35N7. The highest BCUT2D eigenvalue weighted by atomic mass is 15.3. The molecule has 1 saturated heterocycles. The van der Waals surface area contributed by atoms with Crippen LogP contribution in [0.2, 0.25) is 0 Å². The van der Waals surface area contributed by atoms with Crippen LogP contribution in [0.25, 0.3) is 0 Å². The van der Waals surface area contributed by atoms with Gasteiger partial charge in [-0.25, -0.2) is 0 Å². The Labute approximate surface area is 157 Å². The Morgan fingerprint density at radius 1 is 1.42 bits per heavy atom. The third-order valence-electron chi connectivity index (χ3n) is 5.48. The van der Waals surface area contributed by atoms with Crippen molar-refractivity contribution in [3.63, 3.8) is 0 Å². The lowest BCUT2D eigenvalue weighted by Gasteiger charge is -2.23. The average Bonchev–Trinajstić information content (AvgIpc) is 3.24. The van der Waals surface area contributed by atoms with Crippen LogP contribution >= 0.6 is 0 Å². The highest BCUT2D eigenvalue weighted by Gasteiger charge is 2.38. The number of hydrogen-bond donors (Lipinski definition) is 2. The first-order valence-electron chi connectivity index (χ1n) is 9.93. The van der Waals surface area contributed by atoms with E-state index in [-0.39, 0.29) is 6.04 Å². The summed E-state index contributed by atoms with van der Waals surface area (Å²) in [4.78, 5) is 9.76. The number of nitrogens with one attached hydrogen (secondary N) is 2. The van der Waals surface area contributed by atoms with E-state index in [4.69, 9.17) is 4.99 Å². The lowest BCUT2D eigenvalue weighted by molar-refractivity contribution is 0.256. The van der Waals surface area contributed by atoms with Gasteiger partial charge in [-0.3, -0.25) is 14.6 Å². The van der Waals surface area contributed by atoms with Crippen LogP contribution in [0, 0.1) is 0 Å². The van der Waals surface area contributed by atoms with Gasteiger partial charge in [-0.2, -0.15) is 5.10 Å². The largest absolute Gasteiger partial charge is 0.357 e. The van der Waals surface area contributed by atoms with Crippen LogP contribution < -0.4 is 10.6 Å². The van der Waals surface area contributed by atoms with Gasteiger partial charge < -0.3 is 15.5 Å². The molecule has 3 unspecified atom stereocenters. The zero-order valence-electron chi connectivity index (χ0n) is 16.9. The van der Waals surface area contributed by atoms with E-state index in [0.717, 1.165) is 25.1 Å². The zero-order chi connectivity index (χ0) is 18.7. The smallest absolute Gasteiger partial charge is 0.191 e. The molecule has 7 heteroatoms. The fourth-order valence-electron chi connectivity index (χ4n) is 3.95. The molecule has 7 nitrogen and oxygen atoms in total. The fourth-order valence-corrected chi connectivity index (χ4v) is 3.95. The lowest BCUT2D eigenvalue weighted by Crippen LogP contribution is -2.45. The second kappa shape index (κ2) is 8.39. The van der Waals surface area contributed by atoms with Crippen LogP contribution in [0.3, 0.4) is 0 Å². The average molecular weight is 362 g/mol. The quantitative estimate of drug-likeness (QED) is 0.565. The van der Waals surface area contributed by atoms with Crippen molar-refractivity contribution in [3.05, 3.63) is 18.0 Å². The Balaban J connectivity index is 1.62. The molecule has 0 amide bonds. The highest BCUT2D eigenvalue weighted by molar-refractivity contribution is 5.80. The second-order valence-electron chi connectivity index (χ2n) is 8.00. The SMILES string of the molecule is CCNC(=NCC(c1cnn(C)c1)N(C)C)NC1CC(C)N(C2CC2)C1. The molecule has 1 aliphatic carbocycles. The number of aromatic nitrogens is 2. The third-order valence-corrected chi connectivity index (χ3v) is 5.48. The zero-order valence-corrected chi connectivity index (χ0v) is 16.9. The monoisotopic (exact) mass is 361 g/mol. The van der Waals surface area contributed by atoms with Gasteiger partial charge in [0.05, 0.1) is 18.8 Å². The number of likely N-dealkylation sites (tertiary alicyclic amines) is 1. The summed E-state index contributed by atoms with van der Waals surface area (Å²) in [5.41, 5.74) is 1.20. The first-order chi connectivity index (χ1) is 12.5. The second-order valence-corrected chi connectivity index (χ2v) is 8.00. The van der Waals surface area contributed by atoms with Gasteiger partial charge in [-0.1, -0.05) is 0 Å². The summed E-state index contributed by atoms with van der Waals surface area (Å²) >= 11 is 0. The van der Waals surface area contributed by atoms with Gasteiger partial charge in [0.1, 0.15) is 0 Å². The molecule has 3 atom stereocenters. The maximum absolute atomic E-state index is 4.89. The topological polar surface area (TPSA) is 60.7 Å². The van der Waals surface area contributed by atoms with Crippen LogP contribution in [0.4, 0.5) is 0 Å². The van der Waals surface area contributed by atoms with Crippen molar-refractivity contribution in [1.82, 2.24) is 30.2 Å². The minimum atomic E-state index is 0.227. The summed E-state index contributed by atoms with van der Waals surface area (Å²) in [6, 6.07) is 2.22. The molecule has 0 aromatic carbocycles. The first kappa shape index (κ1) is 19.2. The number of aliphatic imine (C=N–C) groups is 1. The number of nitrogens with zero attached hydrogens (tertiary/aromatic N) is 5. The molecule has 1 aromatic rings. The Hall–Kier alpha value is -1.60. The number of guanidine groups is 1. The van der Waals surface area contributed by atoms with Crippen molar-refractivity contribution in [2.24, 2.45) is 12.0 Å². The van der Waals surface area contributed by atoms with E-state index in [0.29, 0.717) is 18.6 Å². The molecule has 0 radical (unpaired) electrons. The van der Waals surface area contributed by atoms with Crippen molar-refractivity contribution < 1.29 is 0 Å². The molecule has 1 aromatic heterocycles.